The van der Waals surface area contributed by atoms with Gasteiger partial charge in [-0.25, -0.2) is 0 Å². The number of carbonyl (C=O) groups excluding carboxylic acids is 7. The van der Waals surface area contributed by atoms with Gasteiger partial charge in [0.05, 0.1) is 237 Å². The molecule has 0 aliphatic rings. The third kappa shape index (κ3) is 58.8. The van der Waals surface area contributed by atoms with E-state index in [2.05, 4.69) is 21.3 Å². The summed E-state index contributed by atoms with van der Waals surface area (Å²) in [7, 11) is 0. The number of nitrogens with one attached hydrogen (secondary N) is 4. The maximum Gasteiger partial charge on any atom is 0.389 e. The molecule has 122 heavy (non-hydrogen) atoms. The molecule has 0 fully saturated rings. The lowest BCUT2D eigenvalue weighted by Gasteiger charge is -2.36. The van der Waals surface area contributed by atoms with Crippen LogP contribution in [0.3, 0.4) is 0 Å². The third-order valence-corrected chi connectivity index (χ3v) is 16.6. The minimum absolute atomic E-state index is 0.0560. The molecule has 0 radical (unpaired) electrons. The SMILES string of the molecule is O=C(CN(CC(=O)NCCOCCOCCOCCOCc1ccccc1)C(=O)CN(CC(=O)N(CC(=O)NCCOCCOCCOCCOCc1ccccc1)CC(=O)NCCOCCOCCOCCOCc1ccccc1)C(=O)COCC(CC(F)(F)F)(CC(F)(F)F)CC(F)(F)F)NCCOCCOCCOCCOCc1ccccc1. The first kappa shape index (κ1) is 106. The van der Waals surface area contributed by atoms with Crippen molar-refractivity contribution in [3.05, 3.63) is 144 Å². The van der Waals surface area contributed by atoms with Crippen molar-refractivity contribution in [3.63, 3.8) is 0 Å². The maximum atomic E-state index is 14.6. The van der Waals surface area contributed by atoms with Gasteiger partial charge in [-0.3, -0.25) is 33.6 Å². The molecular formula is C82H118F9N7O24. The van der Waals surface area contributed by atoms with Crippen LogP contribution in [-0.4, -0.2) is 338 Å². The van der Waals surface area contributed by atoms with Gasteiger partial charge in [0.25, 0.3) is 0 Å². The number of alkyl halides is 9. The Balaban J connectivity index is 1.46. The second-order valence-corrected chi connectivity index (χ2v) is 27.0. The van der Waals surface area contributed by atoms with Crippen molar-refractivity contribution in [1.29, 1.82) is 0 Å². The lowest BCUT2D eigenvalue weighted by molar-refractivity contribution is -0.235. The van der Waals surface area contributed by atoms with Gasteiger partial charge in [0.2, 0.25) is 41.4 Å². The fourth-order valence-electron chi connectivity index (χ4n) is 10.9. The number of ether oxygens (including phenoxy) is 17. The lowest BCUT2D eigenvalue weighted by atomic mass is 9.78. The highest BCUT2D eigenvalue weighted by molar-refractivity contribution is 5.95. The highest BCUT2D eigenvalue weighted by Gasteiger charge is 2.54. The molecular weight excluding hydrogens is 1640 g/mol. The van der Waals surface area contributed by atoms with Crippen LogP contribution in [0.1, 0.15) is 41.5 Å². The van der Waals surface area contributed by atoms with Gasteiger partial charge in [-0.2, -0.15) is 39.5 Å². The minimum Gasteiger partial charge on any atom is -0.377 e. The van der Waals surface area contributed by atoms with E-state index in [1.54, 1.807) is 0 Å². The molecule has 0 aromatic heterocycles. The molecule has 40 heteroatoms. The van der Waals surface area contributed by atoms with Gasteiger partial charge in [0.1, 0.15) is 45.9 Å². The molecule has 0 saturated heterocycles. The van der Waals surface area contributed by atoms with Crippen LogP contribution >= 0.6 is 0 Å². The predicted molar refractivity (Wildman–Crippen MR) is 421 cm³/mol. The third-order valence-electron chi connectivity index (χ3n) is 16.6. The van der Waals surface area contributed by atoms with Crippen LogP contribution in [0.5, 0.6) is 0 Å². The van der Waals surface area contributed by atoms with E-state index in [9.17, 15) is 73.1 Å². The fourth-order valence-corrected chi connectivity index (χ4v) is 10.9. The Kier molecular flexibility index (Phi) is 57.8. The Morgan fingerprint density at radius 2 is 0.426 bits per heavy atom. The zero-order chi connectivity index (χ0) is 88.3. The number of halogens is 9. The first-order valence-corrected chi connectivity index (χ1v) is 39.9. The van der Waals surface area contributed by atoms with E-state index in [1.807, 2.05) is 121 Å². The molecule has 688 valence electrons. The van der Waals surface area contributed by atoms with Gasteiger partial charge in [-0.15, -0.1) is 0 Å². The molecule has 4 N–H and O–H groups in total. The fraction of sp³-hybridized carbons (Fsp3) is 0.622. The Morgan fingerprint density at radius 3 is 0.631 bits per heavy atom. The predicted octanol–water partition coefficient (Wildman–Crippen LogP) is 5.86. The number of rotatable bonds is 75. The van der Waals surface area contributed by atoms with Crippen LogP contribution in [-0.2, 0) is 141 Å². The minimum atomic E-state index is -5.66. The van der Waals surface area contributed by atoms with Gasteiger partial charge >= 0.3 is 18.5 Å². The van der Waals surface area contributed by atoms with Crippen molar-refractivity contribution >= 4 is 41.4 Å². The van der Waals surface area contributed by atoms with Crippen molar-refractivity contribution in [1.82, 2.24) is 36.0 Å². The number of nitrogens with zero attached hydrogens (tertiary/aromatic N) is 3. The molecule has 0 aliphatic heterocycles. The number of hydrogen-bond donors (Lipinski definition) is 4. The second-order valence-electron chi connectivity index (χ2n) is 27.0. The molecule has 0 atom stereocenters. The topological polar surface area (TPSA) is 334 Å². The van der Waals surface area contributed by atoms with Gasteiger partial charge in [0, 0.05) is 31.6 Å². The number of carbonyl (C=O) groups is 7. The van der Waals surface area contributed by atoms with E-state index in [4.69, 9.17) is 80.5 Å². The van der Waals surface area contributed by atoms with Crippen molar-refractivity contribution < 1.29 is 154 Å². The summed E-state index contributed by atoms with van der Waals surface area (Å²) in [5.41, 5.74) is 0.228. The molecule has 0 saturated carbocycles. The summed E-state index contributed by atoms with van der Waals surface area (Å²) >= 11 is 0. The Bertz CT molecular complexity index is 3000. The summed E-state index contributed by atoms with van der Waals surface area (Å²) in [6, 6.07) is 38.3. The van der Waals surface area contributed by atoms with Crippen LogP contribution in [0.25, 0.3) is 0 Å². The lowest BCUT2D eigenvalue weighted by Crippen LogP contribution is -2.54. The molecule has 4 aromatic carbocycles. The molecule has 0 heterocycles. The van der Waals surface area contributed by atoms with Crippen LogP contribution < -0.4 is 21.3 Å². The van der Waals surface area contributed by atoms with E-state index in [0.717, 1.165) is 22.3 Å². The van der Waals surface area contributed by atoms with Gasteiger partial charge in [0.15, 0.2) is 0 Å². The van der Waals surface area contributed by atoms with Gasteiger partial charge in [-0.05, 0) is 22.3 Å². The molecule has 7 amide bonds. The standard InChI is InChI=1S/C82H118F9N7O24/c83-80(84,85)64-79(65-81(86,87)88,66-82(89,90)91)67-122-63-78(105)98(57-76(103)96(53-72(99)92-21-25-106-29-33-110-37-41-114-45-49-118-59-68-13-5-1-6-14-68)54-73(100)93-22-26-107-30-34-111-38-42-115-46-50-119-60-69-15-7-2-8-16-69)58-77(104)97(55-74(101)94-23-27-108-31-35-112-39-43-116-47-51-120-61-70-17-9-3-10-18-70)56-75(102)95-24-28-109-32-36-113-40-44-117-48-52-121-62-71-19-11-4-12-20-71/h1-20H,21-67H2,(H,92,99)(H,93,100)(H,94,101)(H,95,102). The highest BCUT2D eigenvalue weighted by Crippen LogP contribution is 2.48. The van der Waals surface area contributed by atoms with Crippen molar-refractivity contribution in [2.24, 2.45) is 5.41 Å². The average Bonchev–Trinajstić information content (AvgIpc) is 0.801. The van der Waals surface area contributed by atoms with Crippen LogP contribution in [0.4, 0.5) is 39.5 Å². The van der Waals surface area contributed by atoms with Crippen molar-refractivity contribution in [2.75, 3.05) is 264 Å². The summed E-state index contributed by atoms with van der Waals surface area (Å²) in [6.45, 7) is -4.65. The monoisotopic (exact) mass is 1760 g/mol. The first-order valence-electron chi connectivity index (χ1n) is 39.9. The Labute approximate surface area is 705 Å². The average molecular weight is 1760 g/mol. The highest BCUT2D eigenvalue weighted by atomic mass is 19.4. The van der Waals surface area contributed by atoms with Crippen LogP contribution in [0.2, 0.25) is 0 Å². The normalized spacial score (nSPS) is 11.8. The molecule has 0 bridgehead atoms. The van der Waals surface area contributed by atoms with Crippen LogP contribution in [0.15, 0.2) is 121 Å². The van der Waals surface area contributed by atoms with Crippen LogP contribution in [0, 0.1) is 5.41 Å². The molecule has 4 aromatic rings. The van der Waals surface area contributed by atoms with Crippen molar-refractivity contribution in [2.45, 2.75) is 64.2 Å². The quantitative estimate of drug-likeness (QED) is 0.0297. The molecule has 0 unspecified atom stereocenters. The van der Waals surface area contributed by atoms with Crippen molar-refractivity contribution in [3.8, 4) is 0 Å². The van der Waals surface area contributed by atoms with E-state index in [0.29, 0.717) is 89.1 Å². The zero-order valence-corrected chi connectivity index (χ0v) is 68.8. The summed E-state index contributed by atoms with van der Waals surface area (Å²) in [6.07, 6.45) is -25.1. The smallest absolute Gasteiger partial charge is 0.377 e. The molecule has 0 aliphatic carbocycles. The van der Waals surface area contributed by atoms with Gasteiger partial charge in [-0.1, -0.05) is 121 Å². The van der Waals surface area contributed by atoms with E-state index < -0.39 is 137 Å². The summed E-state index contributed by atoms with van der Waals surface area (Å²) < 4.78 is 220. The second kappa shape index (κ2) is 66.4. The van der Waals surface area contributed by atoms with Gasteiger partial charge < -0.3 is 116 Å². The van der Waals surface area contributed by atoms with E-state index in [1.165, 1.54) is 0 Å². The molecule has 31 nitrogen and oxygen atoms in total. The number of hydrogen-bond acceptors (Lipinski definition) is 24. The Hall–Kier alpha value is -8.14. The molecule has 4 rings (SSSR count). The summed E-state index contributed by atoms with van der Waals surface area (Å²) in [5, 5.41) is 10.00. The summed E-state index contributed by atoms with van der Waals surface area (Å²) in [5.74, 6) is -8.08. The number of amides is 7. The maximum absolute atomic E-state index is 14.6. The zero-order valence-electron chi connectivity index (χ0n) is 68.8. The van der Waals surface area contributed by atoms with E-state index in [-0.39, 0.29) is 163 Å². The number of benzene rings is 4. The Morgan fingerprint density at radius 1 is 0.238 bits per heavy atom. The largest absolute Gasteiger partial charge is 0.389 e. The summed E-state index contributed by atoms with van der Waals surface area (Å²) in [4.78, 5) is 99.8. The van der Waals surface area contributed by atoms with E-state index >= 15 is 0 Å². The molecule has 0 spiro atoms. The first-order chi connectivity index (χ1) is 58.9.